The van der Waals surface area contributed by atoms with Crippen LogP contribution in [-0.2, 0) is 9.59 Å². The molecule has 1 aliphatic heterocycles. The predicted octanol–water partition coefficient (Wildman–Crippen LogP) is 1.87. The first kappa shape index (κ1) is 17.0. The van der Waals surface area contributed by atoms with Gasteiger partial charge in [0.25, 0.3) is 0 Å². The Morgan fingerprint density at radius 3 is 2.55 bits per heavy atom. The highest BCUT2D eigenvalue weighted by atomic mass is 16.4. The number of aliphatic carboxylic acids is 1. The standard InChI is InChI=1S/C15H28N2O3/c1-4-13(5-2)16-15(20)11(3)17-9-8-12(10-17)6-7-14(18)19/h11-13H,4-10H2,1-3H3,(H,16,20)(H,18,19). The van der Waals surface area contributed by atoms with Crippen LogP contribution in [0, 0.1) is 5.92 Å². The first-order chi connectivity index (χ1) is 9.47. The monoisotopic (exact) mass is 284 g/mol. The van der Waals surface area contributed by atoms with Gasteiger partial charge >= 0.3 is 5.97 Å². The molecule has 2 atom stereocenters. The summed E-state index contributed by atoms with van der Waals surface area (Å²) in [6.45, 7) is 7.83. The Hall–Kier alpha value is -1.10. The first-order valence-corrected chi connectivity index (χ1v) is 7.74. The van der Waals surface area contributed by atoms with E-state index in [9.17, 15) is 9.59 Å². The fourth-order valence-electron chi connectivity index (χ4n) is 2.76. The Morgan fingerprint density at radius 1 is 1.35 bits per heavy atom. The quantitative estimate of drug-likeness (QED) is 0.714. The highest BCUT2D eigenvalue weighted by Gasteiger charge is 2.30. The number of hydrogen-bond donors (Lipinski definition) is 2. The van der Waals surface area contributed by atoms with Crippen molar-refractivity contribution in [1.29, 1.82) is 0 Å². The summed E-state index contributed by atoms with van der Waals surface area (Å²) in [5.74, 6) is -0.227. The number of nitrogens with zero attached hydrogens (tertiary/aromatic N) is 1. The maximum Gasteiger partial charge on any atom is 0.303 e. The number of carbonyl (C=O) groups excluding carboxylic acids is 1. The van der Waals surface area contributed by atoms with Gasteiger partial charge in [-0.2, -0.15) is 0 Å². The van der Waals surface area contributed by atoms with Crippen molar-refractivity contribution in [2.45, 2.75) is 65.0 Å². The van der Waals surface area contributed by atoms with Crippen molar-refractivity contribution < 1.29 is 14.7 Å². The molecular formula is C15H28N2O3. The predicted molar refractivity (Wildman–Crippen MR) is 78.5 cm³/mol. The lowest BCUT2D eigenvalue weighted by Crippen LogP contribution is -2.47. The van der Waals surface area contributed by atoms with Crippen molar-refractivity contribution in [3.8, 4) is 0 Å². The van der Waals surface area contributed by atoms with E-state index in [1.165, 1.54) is 0 Å². The minimum absolute atomic E-state index is 0.0950. The third kappa shape index (κ3) is 5.12. The van der Waals surface area contributed by atoms with Gasteiger partial charge in [-0.3, -0.25) is 14.5 Å². The molecule has 0 spiro atoms. The maximum absolute atomic E-state index is 12.2. The Kier molecular flexibility index (Phi) is 6.99. The van der Waals surface area contributed by atoms with Gasteiger partial charge < -0.3 is 10.4 Å². The number of carbonyl (C=O) groups is 2. The SMILES string of the molecule is CCC(CC)NC(=O)C(C)N1CCC(CCC(=O)O)C1. The molecule has 1 heterocycles. The van der Waals surface area contributed by atoms with Crippen LogP contribution >= 0.6 is 0 Å². The molecule has 2 N–H and O–H groups in total. The summed E-state index contributed by atoms with van der Waals surface area (Å²) in [5, 5.41) is 11.8. The smallest absolute Gasteiger partial charge is 0.303 e. The van der Waals surface area contributed by atoms with Gasteiger partial charge in [-0.1, -0.05) is 13.8 Å². The zero-order valence-corrected chi connectivity index (χ0v) is 12.9. The van der Waals surface area contributed by atoms with Crippen LogP contribution in [0.15, 0.2) is 0 Å². The molecule has 1 fully saturated rings. The summed E-state index contributed by atoms with van der Waals surface area (Å²) in [6.07, 6.45) is 3.85. The summed E-state index contributed by atoms with van der Waals surface area (Å²) in [4.78, 5) is 24.9. The highest BCUT2D eigenvalue weighted by Crippen LogP contribution is 2.22. The van der Waals surface area contributed by atoms with Crippen molar-refractivity contribution in [1.82, 2.24) is 10.2 Å². The van der Waals surface area contributed by atoms with Gasteiger partial charge in [0.2, 0.25) is 5.91 Å². The second-order valence-corrected chi connectivity index (χ2v) is 5.78. The van der Waals surface area contributed by atoms with E-state index in [2.05, 4.69) is 24.1 Å². The van der Waals surface area contributed by atoms with Crippen molar-refractivity contribution in [3.63, 3.8) is 0 Å². The molecule has 1 rings (SSSR count). The zero-order chi connectivity index (χ0) is 15.1. The van der Waals surface area contributed by atoms with Crippen LogP contribution in [-0.4, -0.2) is 47.1 Å². The van der Waals surface area contributed by atoms with Gasteiger partial charge in [-0.15, -0.1) is 0 Å². The van der Waals surface area contributed by atoms with E-state index in [1.807, 2.05) is 6.92 Å². The third-order valence-electron chi connectivity index (χ3n) is 4.34. The molecule has 0 aromatic heterocycles. The van der Waals surface area contributed by atoms with Gasteiger partial charge in [-0.25, -0.2) is 0 Å². The lowest BCUT2D eigenvalue weighted by atomic mass is 10.0. The van der Waals surface area contributed by atoms with Gasteiger partial charge in [-0.05, 0) is 45.1 Å². The van der Waals surface area contributed by atoms with E-state index in [4.69, 9.17) is 5.11 Å². The van der Waals surface area contributed by atoms with Crippen molar-refractivity contribution >= 4 is 11.9 Å². The van der Waals surface area contributed by atoms with Crippen LogP contribution in [0.1, 0.15) is 52.9 Å². The van der Waals surface area contributed by atoms with E-state index >= 15 is 0 Å². The molecule has 0 bridgehead atoms. The van der Waals surface area contributed by atoms with Gasteiger partial charge in [0.1, 0.15) is 0 Å². The fraction of sp³-hybridized carbons (Fsp3) is 0.867. The second-order valence-electron chi connectivity index (χ2n) is 5.78. The lowest BCUT2D eigenvalue weighted by Gasteiger charge is -2.25. The second kappa shape index (κ2) is 8.25. The molecule has 116 valence electrons. The van der Waals surface area contributed by atoms with E-state index in [-0.39, 0.29) is 24.4 Å². The van der Waals surface area contributed by atoms with E-state index < -0.39 is 5.97 Å². The van der Waals surface area contributed by atoms with Crippen molar-refractivity contribution in [2.24, 2.45) is 5.92 Å². The summed E-state index contributed by atoms with van der Waals surface area (Å²) < 4.78 is 0. The number of carboxylic acids is 1. The number of likely N-dealkylation sites (tertiary alicyclic amines) is 1. The van der Waals surface area contributed by atoms with Gasteiger partial charge in [0, 0.05) is 19.0 Å². The topological polar surface area (TPSA) is 69.6 Å². The number of nitrogens with one attached hydrogen (secondary N) is 1. The number of amides is 1. The molecule has 20 heavy (non-hydrogen) atoms. The summed E-state index contributed by atoms with van der Waals surface area (Å²) >= 11 is 0. The number of hydrogen-bond acceptors (Lipinski definition) is 3. The fourth-order valence-corrected chi connectivity index (χ4v) is 2.76. The van der Waals surface area contributed by atoms with E-state index in [1.54, 1.807) is 0 Å². The Balaban J connectivity index is 2.39. The van der Waals surface area contributed by atoms with E-state index in [0.29, 0.717) is 12.3 Å². The normalized spacial score (nSPS) is 21.1. The number of carboxylic acid groups (broad SMARTS) is 1. The largest absolute Gasteiger partial charge is 0.481 e. The van der Waals surface area contributed by atoms with Crippen molar-refractivity contribution in [3.05, 3.63) is 0 Å². The summed E-state index contributed by atoms with van der Waals surface area (Å²) in [7, 11) is 0. The molecule has 5 heteroatoms. The average Bonchev–Trinajstić information content (AvgIpc) is 2.90. The average molecular weight is 284 g/mol. The Morgan fingerprint density at radius 2 is 2.00 bits per heavy atom. The molecule has 5 nitrogen and oxygen atoms in total. The molecule has 2 unspecified atom stereocenters. The summed E-state index contributed by atoms with van der Waals surface area (Å²) in [5.41, 5.74) is 0. The summed E-state index contributed by atoms with van der Waals surface area (Å²) in [6, 6.07) is 0.140. The van der Waals surface area contributed by atoms with Crippen molar-refractivity contribution in [2.75, 3.05) is 13.1 Å². The maximum atomic E-state index is 12.2. The van der Waals surface area contributed by atoms with Crippen LogP contribution in [0.2, 0.25) is 0 Å². The Labute approximate surface area is 121 Å². The molecule has 1 aliphatic rings. The molecule has 0 aromatic carbocycles. The molecule has 0 saturated carbocycles. The van der Waals surface area contributed by atoms with Crippen LogP contribution in [0.4, 0.5) is 0 Å². The zero-order valence-electron chi connectivity index (χ0n) is 12.9. The Bertz CT molecular complexity index is 329. The molecule has 0 aromatic rings. The minimum atomic E-state index is -0.733. The molecule has 1 saturated heterocycles. The third-order valence-corrected chi connectivity index (χ3v) is 4.34. The highest BCUT2D eigenvalue weighted by molar-refractivity contribution is 5.81. The van der Waals surface area contributed by atoms with Crippen LogP contribution in [0.3, 0.4) is 0 Å². The first-order valence-electron chi connectivity index (χ1n) is 7.74. The van der Waals surface area contributed by atoms with E-state index in [0.717, 1.165) is 32.4 Å². The van der Waals surface area contributed by atoms with Gasteiger partial charge in [0.15, 0.2) is 0 Å². The van der Waals surface area contributed by atoms with Gasteiger partial charge in [0.05, 0.1) is 6.04 Å². The van der Waals surface area contributed by atoms with Crippen LogP contribution in [0.5, 0.6) is 0 Å². The van der Waals surface area contributed by atoms with Crippen LogP contribution in [0.25, 0.3) is 0 Å². The van der Waals surface area contributed by atoms with Crippen LogP contribution < -0.4 is 5.32 Å². The lowest BCUT2D eigenvalue weighted by molar-refractivity contribution is -0.137. The molecule has 0 aliphatic carbocycles. The minimum Gasteiger partial charge on any atom is -0.481 e. The molecule has 0 radical (unpaired) electrons. The number of rotatable bonds is 8. The molecule has 1 amide bonds. The molecular weight excluding hydrogens is 256 g/mol.